The van der Waals surface area contributed by atoms with Gasteiger partial charge in [-0.2, -0.15) is 0 Å². The van der Waals surface area contributed by atoms with Crippen LogP contribution in [0.2, 0.25) is 5.02 Å². The van der Waals surface area contributed by atoms with Gasteiger partial charge in [0.2, 0.25) is 0 Å². The lowest BCUT2D eigenvalue weighted by molar-refractivity contribution is 0.515. The molecule has 1 aromatic rings. The fourth-order valence-electron chi connectivity index (χ4n) is 1.71. The molecule has 0 amide bonds. The average molecular weight is 272 g/mol. The van der Waals surface area contributed by atoms with Gasteiger partial charge in [-0.25, -0.2) is 0 Å². The van der Waals surface area contributed by atoms with Gasteiger partial charge in [-0.1, -0.05) is 38.3 Å². The summed E-state index contributed by atoms with van der Waals surface area (Å²) >= 11 is 7.78. The van der Waals surface area contributed by atoms with Gasteiger partial charge in [-0.3, -0.25) is 0 Å². The smallest absolute Gasteiger partial charge is 0.0406 e. The Hall–Kier alpha value is -0.180. The maximum absolute atomic E-state index is 5.87. The van der Waals surface area contributed by atoms with Crippen LogP contribution in [0.4, 0.5) is 0 Å². The number of unbranched alkanes of at least 4 members (excludes halogenated alkanes) is 1. The van der Waals surface area contributed by atoms with Crippen molar-refractivity contribution in [3.8, 4) is 0 Å². The first-order valence-electron chi connectivity index (χ1n) is 6.38. The van der Waals surface area contributed by atoms with Gasteiger partial charge in [0.1, 0.15) is 0 Å². The maximum Gasteiger partial charge on any atom is 0.0406 e. The van der Waals surface area contributed by atoms with E-state index >= 15 is 0 Å². The highest BCUT2D eigenvalue weighted by molar-refractivity contribution is 7.99. The summed E-state index contributed by atoms with van der Waals surface area (Å²) in [6, 6.07) is 8.72. The topological polar surface area (TPSA) is 12.0 Å². The molecule has 0 heterocycles. The van der Waals surface area contributed by atoms with E-state index in [-0.39, 0.29) is 0 Å². The molecular formula is C14H22ClNS. The molecule has 0 fully saturated rings. The molecule has 0 aliphatic rings. The molecule has 0 saturated heterocycles. The third kappa shape index (κ3) is 6.35. The van der Waals surface area contributed by atoms with Crippen molar-refractivity contribution in [3.05, 3.63) is 29.3 Å². The number of thioether (sulfide) groups is 1. The Bertz CT molecular complexity index is 300. The molecule has 0 radical (unpaired) electrons. The Morgan fingerprint density at radius 1 is 1.24 bits per heavy atom. The van der Waals surface area contributed by atoms with Crippen molar-refractivity contribution in [3.63, 3.8) is 0 Å². The van der Waals surface area contributed by atoms with Gasteiger partial charge in [-0.15, -0.1) is 11.8 Å². The zero-order valence-corrected chi connectivity index (χ0v) is 12.3. The highest BCUT2D eigenvalue weighted by Crippen LogP contribution is 2.22. The Morgan fingerprint density at radius 2 is 1.94 bits per heavy atom. The van der Waals surface area contributed by atoms with E-state index in [0.29, 0.717) is 6.04 Å². The Morgan fingerprint density at radius 3 is 2.53 bits per heavy atom. The molecule has 0 bridgehead atoms. The van der Waals surface area contributed by atoms with Crippen LogP contribution in [0, 0.1) is 0 Å². The van der Waals surface area contributed by atoms with E-state index in [1.54, 1.807) is 0 Å². The van der Waals surface area contributed by atoms with Crippen molar-refractivity contribution in [2.45, 2.75) is 44.0 Å². The second kappa shape index (κ2) is 8.84. The van der Waals surface area contributed by atoms with Gasteiger partial charge in [0, 0.05) is 21.7 Å². The normalized spacial score (nSPS) is 12.6. The third-order valence-electron chi connectivity index (χ3n) is 2.66. The lowest BCUT2D eigenvalue weighted by Crippen LogP contribution is -2.31. The first-order chi connectivity index (χ1) is 8.26. The Balaban J connectivity index is 2.37. The molecule has 1 unspecified atom stereocenters. The molecule has 1 aromatic carbocycles. The number of hydrogen-bond acceptors (Lipinski definition) is 2. The standard InChI is InChI=1S/C14H22ClNS/c1-3-5-6-13(16-4-2)11-17-14-9-7-12(15)8-10-14/h7-10,13,16H,3-6,11H2,1-2H3. The molecule has 0 spiro atoms. The summed E-state index contributed by atoms with van der Waals surface area (Å²) in [6.45, 7) is 5.47. The minimum atomic E-state index is 0.626. The lowest BCUT2D eigenvalue weighted by Gasteiger charge is -2.17. The van der Waals surface area contributed by atoms with Gasteiger partial charge >= 0.3 is 0 Å². The van der Waals surface area contributed by atoms with Crippen molar-refractivity contribution < 1.29 is 0 Å². The quantitative estimate of drug-likeness (QED) is 0.694. The van der Waals surface area contributed by atoms with E-state index in [1.807, 2.05) is 23.9 Å². The zero-order chi connectivity index (χ0) is 12.5. The number of rotatable bonds is 8. The van der Waals surface area contributed by atoms with Crippen LogP contribution in [-0.4, -0.2) is 18.3 Å². The summed E-state index contributed by atoms with van der Waals surface area (Å²) in [5.74, 6) is 1.13. The van der Waals surface area contributed by atoms with Crippen molar-refractivity contribution in [1.29, 1.82) is 0 Å². The number of halogens is 1. The second-order valence-electron chi connectivity index (χ2n) is 4.16. The molecule has 0 saturated carbocycles. The van der Waals surface area contributed by atoms with Crippen LogP contribution in [0.1, 0.15) is 33.1 Å². The largest absolute Gasteiger partial charge is 0.313 e. The summed E-state index contributed by atoms with van der Waals surface area (Å²) in [5.41, 5.74) is 0. The molecule has 96 valence electrons. The van der Waals surface area contributed by atoms with Crippen molar-refractivity contribution in [1.82, 2.24) is 5.32 Å². The van der Waals surface area contributed by atoms with E-state index in [2.05, 4.69) is 31.3 Å². The molecule has 3 heteroatoms. The van der Waals surface area contributed by atoms with Gasteiger partial charge in [-0.05, 0) is 37.2 Å². The monoisotopic (exact) mass is 271 g/mol. The minimum absolute atomic E-state index is 0.626. The molecule has 0 aliphatic heterocycles. The molecular weight excluding hydrogens is 250 g/mol. The van der Waals surface area contributed by atoms with Gasteiger partial charge < -0.3 is 5.32 Å². The highest BCUT2D eigenvalue weighted by Gasteiger charge is 2.07. The first-order valence-corrected chi connectivity index (χ1v) is 7.74. The summed E-state index contributed by atoms with van der Waals surface area (Å²) in [5, 5.41) is 4.36. The van der Waals surface area contributed by atoms with E-state index in [0.717, 1.165) is 17.3 Å². The van der Waals surface area contributed by atoms with Crippen LogP contribution in [0.15, 0.2) is 29.2 Å². The fraction of sp³-hybridized carbons (Fsp3) is 0.571. The van der Waals surface area contributed by atoms with Crippen molar-refractivity contribution in [2.75, 3.05) is 12.3 Å². The fourth-order valence-corrected chi connectivity index (χ4v) is 2.84. The van der Waals surface area contributed by atoms with Gasteiger partial charge in [0.25, 0.3) is 0 Å². The lowest BCUT2D eigenvalue weighted by atomic mass is 10.1. The van der Waals surface area contributed by atoms with Crippen LogP contribution in [0.3, 0.4) is 0 Å². The van der Waals surface area contributed by atoms with Crippen LogP contribution in [-0.2, 0) is 0 Å². The van der Waals surface area contributed by atoms with Crippen LogP contribution >= 0.6 is 23.4 Å². The molecule has 1 atom stereocenters. The molecule has 1 rings (SSSR count). The van der Waals surface area contributed by atoms with Gasteiger partial charge in [0.05, 0.1) is 0 Å². The van der Waals surface area contributed by atoms with E-state index in [4.69, 9.17) is 11.6 Å². The third-order valence-corrected chi connectivity index (χ3v) is 4.09. The predicted octanol–water partition coefficient (Wildman–Crippen LogP) is 4.60. The number of benzene rings is 1. The van der Waals surface area contributed by atoms with Crippen molar-refractivity contribution >= 4 is 23.4 Å². The number of hydrogen-bond donors (Lipinski definition) is 1. The molecule has 1 N–H and O–H groups in total. The maximum atomic E-state index is 5.87. The van der Waals surface area contributed by atoms with Crippen molar-refractivity contribution in [2.24, 2.45) is 0 Å². The summed E-state index contributed by atoms with van der Waals surface area (Å²) in [7, 11) is 0. The SMILES string of the molecule is CCCCC(CSc1ccc(Cl)cc1)NCC. The van der Waals surface area contributed by atoms with E-state index < -0.39 is 0 Å². The summed E-state index contributed by atoms with van der Waals surface area (Å²) < 4.78 is 0. The Labute approximate surface area is 114 Å². The van der Waals surface area contributed by atoms with Gasteiger partial charge in [0.15, 0.2) is 0 Å². The second-order valence-corrected chi connectivity index (χ2v) is 5.69. The molecule has 0 aliphatic carbocycles. The minimum Gasteiger partial charge on any atom is -0.313 e. The average Bonchev–Trinajstić information content (AvgIpc) is 2.35. The van der Waals surface area contributed by atoms with Crippen LogP contribution in [0.5, 0.6) is 0 Å². The van der Waals surface area contributed by atoms with Crippen LogP contribution in [0.25, 0.3) is 0 Å². The van der Waals surface area contributed by atoms with E-state index in [9.17, 15) is 0 Å². The summed E-state index contributed by atoms with van der Waals surface area (Å²) in [6.07, 6.45) is 3.84. The molecule has 0 aromatic heterocycles. The van der Waals surface area contributed by atoms with Crippen LogP contribution < -0.4 is 5.32 Å². The molecule has 1 nitrogen and oxygen atoms in total. The predicted molar refractivity (Wildman–Crippen MR) is 79.2 cm³/mol. The zero-order valence-electron chi connectivity index (χ0n) is 10.7. The Kier molecular flexibility index (Phi) is 7.74. The highest BCUT2D eigenvalue weighted by atomic mass is 35.5. The first kappa shape index (κ1) is 14.9. The summed E-state index contributed by atoms with van der Waals surface area (Å²) in [4.78, 5) is 1.30. The molecule has 17 heavy (non-hydrogen) atoms. The van der Waals surface area contributed by atoms with E-state index in [1.165, 1.54) is 24.2 Å². The number of nitrogens with one attached hydrogen (secondary N) is 1.